The normalized spacial score (nSPS) is 44.3. The Labute approximate surface area is 79.7 Å². The molecule has 13 heavy (non-hydrogen) atoms. The van der Waals surface area contributed by atoms with Gasteiger partial charge in [-0.2, -0.15) is 0 Å². The van der Waals surface area contributed by atoms with Crippen molar-refractivity contribution in [1.82, 2.24) is 0 Å². The van der Waals surface area contributed by atoms with Crippen LogP contribution < -0.4 is 0 Å². The van der Waals surface area contributed by atoms with Crippen LogP contribution in [0.5, 0.6) is 0 Å². The molecule has 2 aliphatic rings. The number of esters is 1. The zero-order valence-corrected chi connectivity index (χ0v) is 8.45. The Morgan fingerprint density at radius 2 is 2.23 bits per heavy atom. The van der Waals surface area contributed by atoms with Gasteiger partial charge in [-0.05, 0) is 37.0 Å². The van der Waals surface area contributed by atoms with Gasteiger partial charge in [0.25, 0.3) is 0 Å². The number of hydrogen-bond acceptors (Lipinski definition) is 2. The van der Waals surface area contributed by atoms with Gasteiger partial charge in [-0.25, -0.2) is 0 Å². The van der Waals surface area contributed by atoms with Gasteiger partial charge in [0.15, 0.2) is 0 Å². The van der Waals surface area contributed by atoms with Crippen LogP contribution in [0.15, 0.2) is 0 Å². The molecule has 1 aliphatic heterocycles. The van der Waals surface area contributed by atoms with Crippen molar-refractivity contribution < 1.29 is 9.53 Å². The molecule has 74 valence electrons. The van der Waals surface area contributed by atoms with E-state index in [-0.39, 0.29) is 11.9 Å². The minimum Gasteiger partial charge on any atom is -0.465 e. The molecule has 0 aromatic carbocycles. The second-order valence-electron chi connectivity index (χ2n) is 4.65. The molecule has 2 nitrogen and oxygen atoms in total. The van der Waals surface area contributed by atoms with Crippen LogP contribution in [0.4, 0.5) is 0 Å². The van der Waals surface area contributed by atoms with E-state index in [0.29, 0.717) is 18.4 Å². The Morgan fingerprint density at radius 1 is 1.46 bits per heavy atom. The summed E-state index contributed by atoms with van der Waals surface area (Å²) in [4.78, 5) is 11.5. The van der Waals surface area contributed by atoms with Crippen molar-refractivity contribution in [1.29, 1.82) is 0 Å². The summed E-state index contributed by atoms with van der Waals surface area (Å²) < 4.78 is 5.20. The molecule has 2 fully saturated rings. The third kappa shape index (κ3) is 1.47. The number of fused-ring (bicyclic) bond motifs is 1. The van der Waals surface area contributed by atoms with Gasteiger partial charge in [-0.15, -0.1) is 0 Å². The van der Waals surface area contributed by atoms with Crippen molar-refractivity contribution in [2.75, 3.05) is 6.61 Å². The topological polar surface area (TPSA) is 26.3 Å². The predicted octanol–water partition coefficient (Wildman–Crippen LogP) is 2.23. The maximum absolute atomic E-state index is 11.5. The van der Waals surface area contributed by atoms with E-state index in [2.05, 4.69) is 13.8 Å². The molecule has 1 heterocycles. The first-order valence-electron chi connectivity index (χ1n) is 5.39. The lowest BCUT2D eigenvalue weighted by Gasteiger charge is -2.31. The fraction of sp³-hybridized carbons (Fsp3) is 0.909. The third-order valence-electron chi connectivity index (χ3n) is 3.72. The van der Waals surface area contributed by atoms with E-state index in [9.17, 15) is 4.79 Å². The maximum atomic E-state index is 11.5. The molecule has 0 N–H and O–H groups in total. The lowest BCUT2D eigenvalue weighted by molar-refractivity contribution is -0.159. The third-order valence-corrected chi connectivity index (χ3v) is 3.72. The second-order valence-corrected chi connectivity index (χ2v) is 4.65. The number of ether oxygens (including phenoxy) is 1. The summed E-state index contributed by atoms with van der Waals surface area (Å²) >= 11 is 0. The molecule has 0 spiro atoms. The minimum atomic E-state index is 0.0686. The van der Waals surface area contributed by atoms with Gasteiger partial charge in [-0.3, -0.25) is 4.79 Å². The molecule has 0 aromatic heterocycles. The lowest BCUT2D eigenvalue weighted by atomic mass is 9.81. The van der Waals surface area contributed by atoms with Crippen molar-refractivity contribution in [2.24, 2.45) is 23.7 Å². The van der Waals surface area contributed by atoms with E-state index in [4.69, 9.17) is 4.74 Å². The van der Waals surface area contributed by atoms with E-state index in [0.717, 1.165) is 18.8 Å². The van der Waals surface area contributed by atoms with Crippen LogP contribution in [0.25, 0.3) is 0 Å². The summed E-state index contributed by atoms with van der Waals surface area (Å²) in [5.74, 6) is 2.27. The summed E-state index contributed by atoms with van der Waals surface area (Å²) in [6, 6.07) is 0. The zero-order valence-electron chi connectivity index (χ0n) is 8.45. The SMILES string of the molecule is CCC1COC(=O)C2CC(C)CC12. The van der Waals surface area contributed by atoms with E-state index in [1.54, 1.807) is 0 Å². The van der Waals surface area contributed by atoms with Gasteiger partial charge in [0.2, 0.25) is 0 Å². The Morgan fingerprint density at radius 3 is 2.92 bits per heavy atom. The summed E-state index contributed by atoms with van der Waals surface area (Å²) in [5.41, 5.74) is 0. The van der Waals surface area contributed by atoms with E-state index in [1.807, 2.05) is 0 Å². The van der Waals surface area contributed by atoms with E-state index < -0.39 is 0 Å². The van der Waals surface area contributed by atoms with Crippen LogP contribution in [-0.2, 0) is 9.53 Å². The molecule has 0 radical (unpaired) electrons. The van der Waals surface area contributed by atoms with Crippen LogP contribution in [0, 0.1) is 23.7 Å². The monoisotopic (exact) mass is 182 g/mol. The van der Waals surface area contributed by atoms with Crippen LogP contribution in [-0.4, -0.2) is 12.6 Å². The highest BCUT2D eigenvalue weighted by Gasteiger charge is 2.44. The van der Waals surface area contributed by atoms with Crippen LogP contribution in [0.1, 0.15) is 33.1 Å². The van der Waals surface area contributed by atoms with Crippen LogP contribution in [0.3, 0.4) is 0 Å². The standard InChI is InChI=1S/C11H18O2/c1-3-8-6-13-11(12)10-5-7(2)4-9(8)10/h7-10H,3-6H2,1-2H3. The predicted molar refractivity (Wildman–Crippen MR) is 50.1 cm³/mol. The number of hydrogen-bond donors (Lipinski definition) is 0. The Kier molecular flexibility index (Phi) is 2.31. The highest BCUT2D eigenvalue weighted by atomic mass is 16.5. The minimum absolute atomic E-state index is 0.0686. The molecule has 2 heteroatoms. The summed E-state index contributed by atoms with van der Waals surface area (Å²) in [6.07, 6.45) is 3.44. The average molecular weight is 182 g/mol. The molecule has 0 bridgehead atoms. The number of cyclic esters (lactones) is 1. The largest absolute Gasteiger partial charge is 0.465 e. The first kappa shape index (κ1) is 9.04. The van der Waals surface area contributed by atoms with Gasteiger partial charge in [-0.1, -0.05) is 13.8 Å². The highest BCUT2D eigenvalue weighted by Crippen LogP contribution is 2.44. The molecule has 0 amide bonds. The first-order chi connectivity index (χ1) is 6.22. The van der Waals surface area contributed by atoms with E-state index in [1.165, 1.54) is 6.42 Å². The van der Waals surface area contributed by atoms with Crippen molar-refractivity contribution in [3.63, 3.8) is 0 Å². The number of carbonyl (C=O) groups excluding carboxylic acids is 1. The molecule has 1 saturated carbocycles. The summed E-state index contributed by atoms with van der Waals surface area (Å²) in [6.45, 7) is 5.12. The van der Waals surface area contributed by atoms with Gasteiger partial charge in [0.05, 0.1) is 12.5 Å². The van der Waals surface area contributed by atoms with Gasteiger partial charge >= 0.3 is 5.97 Å². The molecule has 2 rings (SSSR count). The molecule has 0 aromatic rings. The summed E-state index contributed by atoms with van der Waals surface area (Å²) in [7, 11) is 0. The van der Waals surface area contributed by atoms with Crippen LogP contribution >= 0.6 is 0 Å². The molecular weight excluding hydrogens is 164 g/mol. The number of rotatable bonds is 1. The first-order valence-corrected chi connectivity index (χ1v) is 5.39. The fourth-order valence-corrected chi connectivity index (χ4v) is 2.97. The Hall–Kier alpha value is -0.530. The quantitative estimate of drug-likeness (QED) is 0.581. The molecule has 1 saturated heterocycles. The Bertz CT molecular complexity index is 212. The molecule has 4 atom stereocenters. The van der Waals surface area contributed by atoms with Gasteiger partial charge < -0.3 is 4.74 Å². The lowest BCUT2D eigenvalue weighted by Crippen LogP contribution is -2.36. The number of carbonyl (C=O) groups is 1. The van der Waals surface area contributed by atoms with Crippen molar-refractivity contribution in [3.05, 3.63) is 0 Å². The van der Waals surface area contributed by atoms with Gasteiger partial charge in [0, 0.05) is 0 Å². The molecule has 1 aliphatic carbocycles. The van der Waals surface area contributed by atoms with Crippen LogP contribution in [0.2, 0.25) is 0 Å². The summed E-state index contributed by atoms with van der Waals surface area (Å²) in [5, 5.41) is 0. The Balaban J connectivity index is 2.12. The smallest absolute Gasteiger partial charge is 0.309 e. The van der Waals surface area contributed by atoms with Gasteiger partial charge in [0.1, 0.15) is 0 Å². The van der Waals surface area contributed by atoms with Crippen molar-refractivity contribution in [3.8, 4) is 0 Å². The fourth-order valence-electron chi connectivity index (χ4n) is 2.97. The zero-order chi connectivity index (χ0) is 9.42. The van der Waals surface area contributed by atoms with Crippen molar-refractivity contribution >= 4 is 5.97 Å². The highest BCUT2D eigenvalue weighted by molar-refractivity contribution is 5.74. The maximum Gasteiger partial charge on any atom is 0.309 e. The van der Waals surface area contributed by atoms with Crippen molar-refractivity contribution in [2.45, 2.75) is 33.1 Å². The average Bonchev–Trinajstić information content (AvgIpc) is 2.48. The molecule has 4 unspecified atom stereocenters. The van der Waals surface area contributed by atoms with E-state index >= 15 is 0 Å². The molecular formula is C11H18O2. The second kappa shape index (κ2) is 3.32.